The van der Waals surface area contributed by atoms with Crippen molar-refractivity contribution in [1.29, 1.82) is 0 Å². The summed E-state index contributed by atoms with van der Waals surface area (Å²) in [5.74, 6) is -1.38. The first kappa shape index (κ1) is 21.8. The fourth-order valence-electron chi connectivity index (χ4n) is 5.57. The van der Waals surface area contributed by atoms with Gasteiger partial charge in [-0.25, -0.2) is 0 Å². The summed E-state index contributed by atoms with van der Waals surface area (Å²) in [4.78, 5) is 0. The van der Waals surface area contributed by atoms with Gasteiger partial charge >= 0.3 is 186 Å². The molecule has 0 aromatic heterocycles. The first-order valence-corrected chi connectivity index (χ1v) is 27.2. The van der Waals surface area contributed by atoms with Crippen molar-refractivity contribution in [3.63, 3.8) is 0 Å². The van der Waals surface area contributed by atoms with Crippen LogP contribution in [0.1, 0.15) is 62.6 Å². The summed E-state index contributed by atoms with van der Waals surface area (Å²) in [6.45, 7) is 9.32. The van der Waals surface area contributed by atoms with Crippen molar-refractivity contribution in [1.82, 2.24) is 0 Å². The van der Waals surface area contributed by atoms with Crippen LogP contribution in [0.2, 0.25) is 13.1 Å². The number of hydrogen-bond acceptors (Lipinski definition) is 0. The number of allylic oxidation sites excluding steroid dienone is 3. The molecule has 2 aromatic carbocycles. The van der Waals surface area contributed by atoms with Crippen LogP contribution in [0.3, 0.4) is 0 Å². The van der Waals surface area contributed by atoms with Crippen LogP contribution in [0, 0.1) is 0 Å². The molecule has 4 rings (SSSR count). The summed E-state index contributed by atoms with van der Waals surface area (Å²) >= 11 is -4.34. The van der Waals surface area contributed by atoms with E-state index in [1.807, 2.05) is 0 Å². The SMILES string of the molecule is CCCCC1=C[CH]([Zr]([Cl])([Cl])([CH]2C(C)=Cc3ccccc32)[SiH](C)C)c2ccccc21. The van der Waals surface area contributed by atoms with Crippen molar-refractivity contribution in [2.75, 3.05) is 0 Å². The van der Waals surface area contributed by atoms with Crippen molar-refractivity contribution in [2.24, 2.45) is 0 Å². The molecule has 2 atom stereocenters. The summed E-state index contributed by atoms with van der Waals surface area (Å²) in [5, 5.41) is 0. The van der Waals surface area contributed by atoms with Crippen LogP contribution >= 0.6 is 17.0 Å². The van der Waals surface area contributed by atoms with Crippen LogP contribution in [0.25, 0.3) is 11.6 Å². The fraction of sp³-hybridized carbons (Fsp3) is 0.360. The molecule has 0 fully saturated rings. The van der Waals surface area contributed by atoms with E-state index in [0.29, 0.717) is 0 Å². The Balaban J connectivity index is 1.92. The number of unbranched alkanes of at least 4 members (excludes halogenated alkanes) is 1. The van der Waals surface area contributed by atoms with Gasteiger partial charge in [0.05, 0.1) is 0 Å². The van der Waals surface area contributed by atoms with Gasteiger partial charge in [-0.05, 0) is 0 Å². The molecule has 0 N–H and O–H groups in total. The monoisotopic (exact) mass is 519 g/mol. The standard InChI is InChI=1S/C13H15.C10H9.C2H7Si.2ClH.Zr/c1-2-3-6-11-9-10-12-7-4-5-8-13(11)12;1-8-6-9-4-2-3-5-10(9)7-8;1-3-2;;;/h4-5,7-10H,2-3,6H2,1H3;2-7H,1H3;3H,1-2H3;2*1H;/q;;;;;+2/p-2. The van der Waals surface area contributed by atoms with Gasteiger partial charge in [0, 0.05) is 0 Å². The molecular formula is C25H31Cl2SiZr. The molecule has 0 nitrogen and oxygen atoms in total. The van der Waals surface area contributed by atoms with E-state index in [1.54, 1.807) is 0 Å². The molecule has 0 saturated heterocycles. The van der Waals surface area contributed by atoms with E-state index >= 15 is 0 Å². The normalized spacial score (nSPS) is 22.0. The Hall–Kier alpha value is -0.400. The molecule has 4 heteroatoms. The molecule has 29 heavy (non-hydrogen) atoms. The third-order valence-electron chi connectivity index (χ3n) is 7.20. The van der Waals surface area contributed by atoms with Crippen LogP contribution in [0.15, 0.2) is 60.2 Å². The number of benzene rings is 2. The Bertz CT molecular complexity index is 1010. The van der Waals surface area contributed by atoms with Gasteiger partial charge in [-0.3, -0.25) is 0 Å². The van der Waals surface area contributed by atoms with E-state index in [9.17, 15) is 0 Å². The average molecular weight is 522 g/mol. The molecule has 153 valence electrons. The molecule has 2 aliphatic rings. The zero-order valence-corrected chi connectivity index (χ0v) is 23.0. The number of halogens is 2. The maximum absolute atomic E-state index is 8.04. The first-order chi connectivity index (χ1) is 13.8. The predicted octanol–water partition coefficient (Wildman–Crippen LogP) is 8.45. The van der Waals surface area contributed by atoms with Crippen LogP contribution < -0.4 is 0 Å². The van der Waals surface area contributed by atoms with Crippen LogP contribution in [0.4, 0.5) is 0 Å². The molecule has 2 aromatic rings. The first-order valence-electron chi connectivity index (χ1n) is 10.9. The van der Waals surface area contributed by atoms with Gasteiger partial charge in [0.1, 0.15) is 0 Å². The topological polar surface area (TPSA) is 0 Å². The van der Waals surface area contributed by atoms with Crippen molar-refractivity contribution < 1.29 is 15.6 Å². The number of fused-ring (bicyclic) bond motifs is 2. The molecule has 0 radical (unpaired) electrons. The molecule has 2 aliphatic carbocycles. The third-order valence-corrected chi connectivity index (χ3v) is 59.3. The maximum atomic E-state index is 8.04. The Labute approximate surface area is 184 Å². The fourth-order valence-corrected chi connectivity index (χ4v) is 35.7. The molecule has 0 bridgehead atoms. The minimum atomic E-state index is -4.34. The molecule has 0 spiro atoms. The Morgan fingerprint density at radius 1 is 0.966 bits per heavy atom. The predicted molar refractivity (Wildman–Crippen MR) is 130 cm³/mol. The van der Waals surface area contributed by atoms with Crippen LogP contribution in [-0.4, -0.2) is 5.92 Å². The second kappa shape index (κ2) is 7.94. The van der Waals surface area contributed by atoms with Gasteiger partial charge in [-0.2, -0.15) is 0 Å². The zero-order chi connectivity index (χ0) is 20.8. The summed E-state index contributed by atoms with van der Waals surface area (Å²) in [5.41, 5.74) is 8.32. The molecule has 0 aliphatic heterocycles. The van der Waals surface area contributed by atoms with Gasteiger partial charge < -0.3 is 0 Å². The molecular weight excluding hydrogens is 490 g/mol. The average Bonchev–Trinajstić information content (AvgIpc) is 3.24. The second-order valence-electron chi connectivity index (χ2n) is 9.19. The molecule has 0 saturated carbocycles. The molecule has 0 heterocycles. The summed E-state index contributed by atoms with van der Waals surface area (Å²) in [7, 11) is 16.1. The van der Waals surface area contributed by atoms with Gasteiger partial charge in [0.25, 0.3) is 0 Å². The Morgan fingerprint density at radius 2 is 1.62 bits per heavy atom. The van der Waals surface area contributed by atoms with E-state index in [2.05, 4.69) is 87.6 Å². The Kier molecular flexibility index (Phi) is 5.97. The minimum absolute atomic E-state index is 0.217. The molecule has 2 unspecified atom stereocenters. The zero-order valence-electron chi connectivity index (χ0n) is 17.9. The van der Waals surface area contributed by atoms with Gasteiger partial charge in [0.2, 0.25) is 0 Å². The number of hydrogen-bond donors (Lipinski definition) is 0. The number of rotatable bonds is 6. The summed E-state index contributed by atoms with van der Waals surface area (Å²) < 4.78 is 0.441. The van der Waals surface area contributed by atoms with Crippen LogP contribution in [0.5, 0.6) is 0 Å². The van der Waals surface area contributed by atoms with Gasteiger partial charge in [-0.1, -0.05) is 0 Å². The van der Waals surface area contributed by atoms with E-state index in [-0.39, 0.29) is 7.25 Å². The molecule has 0 amide bonds. The summed E-state index contributed by atoms with van der Waals surface area (Å²) in [6.07, 6.45) is 8.38. The summed E-state index contributed by atoms with van der Waals surface area (Å²) in [6, 6.07) is 17.7. The van der Waals surface area contributed by atoms with Crippen molar-refractivity contribution >= 4 is 34.6 Å². The van der Waals surface area contributed by atoms with Gasteiger partial charge in [-0.15, -0.1) is 0 Å². The van der Waals surface area contributed by atoms with Crippen LogP contribution in [-0.2, 0) is 15.6 Å². The third kappa shape index (κ3) is 3.34. The van der Waals surface area contributed by atoms with Crippen molar-refractivity contribution in [3.8, 4) is 0 Å². The van der Waals surface area contributed by atoms with Crippen molar-refractivity contribution in [3.05, 3.63) is 82.4 Å². The van der Waals surface area contributed by atoms with E-state index in [4.69, 9.17) is 17.0 Å². The van der Waals surface area contributed by atoms with E-state index < -0.39 is 21.5 Å². The quantitative estimate of drug-likeness (QED) is 0.335. The van der Waals surface area contributed by atoms with E-state index in [1.165, 1.54) is 46.2 Å². The second-order valence-corrected chi connectivity index (χ2v) is 51.8. The Morgan fingerprint density at radius 3 is 2.31 bits per heavy atom. The van der Waals surface area contributed by atoms with Crippen molar-refractivity contribution in [2.45, 2.75) is 53.5 Å². The van der Waals surface area contributed by atoms with Gasteiger partial charge in [0.15, 0.2) is 0 Å². The van der Waals surface area contributed by atoms with E-state index in [0.717, 1.165) is 6.42 Å².